The summed E-state index contributed by atoms with van der Waals surface area (Å²) in [4.78, 5) is 40.4. The third-order valence-corrected chi connectivity index (χ3v) is 5.97. The molecule has 0 bridgehead atoms. The third kappa shape index (κ3) is 6.01. The van der Waals surface area contributed by atoms with E-state index in [-0.39, 0.29) is 29.4 Å². The topological polar surface area (TPSA) is 107 Å². The van der Waals surface area contributed by atoms with E-state index in [1.807, 2.05) is 13.8 Å². The van der Waals surface area contributed by atoms with E-state index < -0.39 is 11.8 Å². The van der Waals surface area contributed by atoms with Crippen molar-refractivity contribution in [1.29, 1.82) is 0 Å². The molecule has 1 aromatic heterocycles. The Bertz CT molecular complexity index is 760. The van der Waals surface area contributed by atoms with Crippen LogP contribution in [0.4, 0.5) is 0 Å². The summed E-state index contributed by atoms with van der Waals surface area (Å²) >= 11 is 0. The summed E-state index contributed by atoms with van der Waals surface area (Å²) < 4.78 is 11.4. The lowest BCUT2D eigenvalue weighted by molar-refractivity contribution is -0.126. The van der Waals surface area contributed by atoms with Gasteiger partial charge in [-0.3, -0.25) is 23.6 Å². The summed E-state index contributed by atoms with van der Waals surface area (Å²) in [5.74, 6) is -0.926. The van der Waals surface area contributed by atoms with Crippen molar-refractivity contribution in [2.75, 3.05) is 32.8 Å². The van der Waals surface area contributed by atoms with Crippen LogP contribution >= 0.6 is 0 Å². The van der Waals surface area contributed by atoms with Crippen LogP contribution in [-0.2, 0) is 16.1 Å². The molecule has 2 fully saturated rings. The first-order valence-electron chi connectivity index (χ1n) is 11.2. The maximum absolute atomic E-state index is 13.3. The van der Waals surface area contributed by atoms with Gasteiger partial charge in [0.2, 0.25) is 17.5 Å². The van der Waals surface area contributed by atoms with E-state index in [2.05, 4.69) is 15.4 Å². The molecule has 168 valence electrons. The van der Waals surface area contributed by atoms with E-state index in [0.717, 1.165) is 45.2 Å². The molecule has 0 radical (unpaired) electrons. The average molecular weight is 423 g/mol. The van der Waals surface area contributed by atoms with Crippen LogP contribution in [0, 0.1) is 11.8 Å². The summed E-state index contributed by atoms with van der Waals surface area (Å²) in [6.07, 6.45) is 5.47. The molecule has 2 heterocycles. The fourth-order valence-corrected chi connectivity index (χ4v) is 4.22. The smallest absolute Gasteiger partial charge is 0.379 e. The molecule has 2 aliphatic rings. The normalized spacial score (nSPS) is 19.7. The Kier molecular flexibility index (Phi) is 8.21. The zero-order valence-electron chi connectivity index (χ0n) is 18.1. The molecule has 1 unspecified atom stereocenters. The first-order chi connectivity index (χ1) is 14.5. The Balaban J connectivity index is 1.70. The van der Waals surface area contributed by atoms with Crippen molar-refractivity contribution in [3.05, 3.63) is 16.4 Å². The first kappa shape index (κ1) is 22.7. The molecule has 9 nitrogen and oxygen atoms in total. The van der Waals surface area contributed by atoms with Crippen molar-refractivity contribution >= 4 is 11.7 Å². The number of nitrogens with zero attached hydrogens (tertiary/aromatic N) is 3. The Hall–Kier alpha value is -2.00. The van der Waals surface area contributed by atoms with Gasteiger partial charge in [-0.25, -0.2) is 4.79 Å². The van der Waals surface area contributed by atoms with Crippen LogP contribution in [0.3, 0.4) is 0 Å². The molecule has 1 atom stereocenters. The van der Waals surface area contributed by atoms with E-state index in [1.54, 1.807) is 0 Å². The van der Waals surface area contributed by atoms with Gasteiger partial charge in [0.1, 0.15) is 0 Å². The van der Waals surface area contributed by atoms with E-state index in [0.29, 0.717) is 32.7 Å². The second-order valence-corrected chi connectivity index (χ2v) is 8.77. The lowest BCUT2D eigenvalue weighted by atomic mass is 9.88. The molecular formula is C21H34N4O5. The summed E-state index contributed by atoms with van der Waals surface area (Å²) in [6.45, 7) is 7.82. The monoisotopic (exact) mass is 422 g/mol. The molecule has 1 amide bonds. The zero-order chi connectivity index (χ0) is 21.5. The van der Waals surface area contributed by atoms with E-state index in [4.69, 9.17) is 9.26 Å². The Morgan fingerprint density at radius 2 is 1.83 bits per heavy atom. The van der Waals surface area contributed by atoms with Gasteiger partial charge in [-0.2, -0.15) is 0 Å². The molecule has 3 rings (SSSR count). The maximum Gasteiger partial charge on any atom is 0.441 e. The zero-order valence-corrected chi connectivity index (χ0v) is 18.1. The van der Waals surface area contributed by atoms with Gasteiger partial charge in [-0.1, -0.05) is 38.3 Å². The van der Waals surface area contributed by atoms with E-state index in [1.165, 1.54) is 4.57 Å². The molecule has 1 aliphatic heterocycles. The number of hydrogen-bond acceptors (Lipinski definition) is 7. The van der Waals surface area contributed by atoms with Crippen LogP contribution in [0.5, 0.6) is 0 Å². The molecular weight excluding hydrogens is 388 g/mol. The lowest BCUT2D eigenvalue weighted by Crippen LogP contribution is -2.46. The molecule has 1 aliphatic carbocycles. The average Bonchev–Trinajstić information content (AvgIpc) is 3.12. The number of nitrogens with one attached hydrogen (secondary N) is 1. The highest BCUT2D eigenvalue weighted by Crippen LogP contribution is 2.24. The van der Waals surface area contributed by atoms with Crippen LogP contribution in [0.1, 0.15) is 63.0 Å². The standard InChI is InChI=1S/C21H34N4O5/c1-15(2)14-17(22-20(27)16-6-4-3-5-7-16)18(26)19-23-30-21(28)25(19)9-8-24-10-12-29-13-11-24/h15-17H,3-14H2,1-2H3,(H,22,27). The van der Waals surface area contributed by atoms with Crippen molar-refractivity contribution < 1.29 is 18.8 Å². The van der Waals surface area contributed by atoms with Gasteiger partial charge in [0.05, 0.1) is 19.3 Å². The number of ketones is 1. The van der Waals surface area contributed by atoms with Gasteiger partial charge in [0, 0.05) is 32.1 Å². The highest BCUT2D eigenvalue weighted by molar-refractivity contribution is 5.99. The predicted molar refractivity (Wildman–Crippen MR) is 110 cm³/mol. The first-order valence-corrected chi connectivity index (χ1v) is 11.2. The third-order valence-electron chi connectivity index (χ3n) is 5.97. The van der Waals surface area contributed by atoms with Crippen LogP contribution in [0.15, 0.2) is 9.32 Å². The molecule has 30 heavy (non-hydrogen) atoms. The minimum absolute atomic E-state index is 0.0112. The number of Topliss-reactive ketones (excluding diaryl/α,β-unsaturated/α-hetero) is 1. The fraction of sp³-hybridized carbons (Fsp3) is 0.810. The SMILES string of the molecule is CC(C)CC(NC(=O)C1CCCCC1)C(=O)c1noc(=O)n1CCN1CCOCC1. The summed E-state index contributed by atoms with van der Waals surface area (Å²) in [6, 6.07) is -0.710. The van der Waals surface area contributed by atoms with Gasteiger partial charge < -0.3 is 10.1 Å². The number of rotatable bonds is 9. The van der Waals surface area contributed by atoms with Crippen LogP contribution in [-0.4, -0.2) is 65.2 Å². The fourth-order valence-electron chi connectivity index (χ4n) is 4.22. The summed E-state index contributed by atoms with van der Waals surface area (Å²) in [5.41, 5.74) is 0. The van der Waals surface area contributed by atoms with Crippen LogP contribution < -0.4 is 11.1 Å². The number of ether oxygens (including phenoxy) is 1. The van der Waals surface area contributed by atoms with Gasteiger partial charge in [-0.05, 0) is 25.2 Å². The van der Waals surface area contributed by atoms with E-state index >= 15 is 0 Å². The highest BCUT2D eigenvalue weighted by Gasteiger charge is 2.31. The Labute approximate surface area is 177 Å². The lowest BCUT2D eigenvalue weighted by Gasteiger charge is -2.26. The van der Waals surface area contributed by atoms with Gasteiger partial charge in [0.15, 0.2) is 0 Å². The quantitative estimate of drug-likeness (QED) is 0.601. The number of amides is 1. The Morgan fingerprint density at radius 3 is 2.50 bits per heavy atom. The van der Waals surface area contributed by atoms with Crippen molar-refractivity contribution in [3.63, 3.8) is 0 Å². The number of morpholine rings is 1. The molecule has 0 spiro atoms. The van der Waals surface area contributed by atoms with Crippen molar-refractivity contribution in [2.24, 2.45) is 11.8 Å². The van der Waals surface area contributed by atoms with Crippen molar-refractivity contribution in [3.8, 4) is 0 Å². The maximum atomic E-state index is 13.3. The molecule has 0 aromatic carbocycles. The molecule has 1 N–H and O–H groups in total. The largest absolute Gasteiger partial charge is 0.441 e. The van der Waals surface area contributed by atoms with Crippen LogP contribution in [0.25, 0.3) is 0 Å². The van der Waals surface area contributed by atoms with Gasteiger partial charge in [0.25, 0.3) is 0 Å². The minimum Gasteiger partial charge on any atom is -0.379 e. The second-order valence-electron chi connectivity index (χ2n) is 8.77. The minimum atomic E-state index is -0.710. The number of carbonyl (C=O) groups excluding carboxylic acids is 2. The molecule has 9 heteroatoms. The van der Waals surface area contributed by atoms with E-state index in [9.17, 15) is 14.4 Å². The molecule has 1 saturated carbocycles. The highest BCUT2D eigenvalue weighted by atomic mass is 16.5. The van der Waals surface area contributed by atoms with Crippen LogP contribution in [0.2, 0.25) is 0 Å². The second kappa shape index (κ2) is 10.9. The van der Waals surface area contributed by atoms with Crippen molar-refractivity contribution in [2.45, 2.75) is 65.0 Å². The van der Waals surface area contributed by atoms with Gasteiger partial charge in [-0.15, -0.1) is 0 Å². The predicted octanol–water partition coefficient (Wildman–Crippen LogP) is 1.46. The molecule has 1 aromatic rings. The number of carbonyl (C=O) groups is 2. The number of hydrogen-bond donors (Lipinski definition) is 1. The Morgan fingerprint density at radius 1 is 1.13 bits per heavy atom. The molecule has 1 saturated heterocycles. The summed E-state index contributed by atoms with van der Waals surface area (Å²) in [7, 11) is 0. The van der Waals surface area contributed by atoms with Gasteiger partial charge >= 0.3 is 5.76 Å². The number of aromatic nitrogens is 2. The van der Waals surface area contributed by atoms with Crippen molar-refractivity contribution in [1.82, 2.24) is 19.9 Å². The summed E-state index contributed by atoms with van der Waals surface area (Å²) in [5, 5.41) is 6.70.